The highest BCUT2D eigenvalue weighted by molar-refractivity contribution is 4.92. The molecule has 0 unspecified atom stereocenters. The van der Waals surface area contributed by atoms with Gasteiger partial charge in [0.1, 0.15) is 0 Å². The van der Waals surface area contributed by atoms with Crippen molar-refractivity contribution in [2.24, 2.45) is 0 Å². The van der Waals surface area contributed by atoms with Gasteiger partial charge in [0, 0.05) is 0 Å². The van der Waals surface area contributed by atoms with Crippen molar-refractivity contribution in [3.05, 3.63) is 36.5 Å². The molecule has 0 saturated heterocycles. The zero-order valence-corrected chi connectivity index (χ0v) is 8.41. The normalized spacial score (nSPS) is 27.7. The van der Waals surface area contributed by atoms with Crippen LogP contribution in [0.4, 0.5) is 0 Å². The number of hydrogen-bond acceptors (Lipinski definition) is 0. The average molecular weight is 176 g/mol. The summed E-state index contributed by atoms with van der Waals surface area (Å²) in [7, 11) is 0. The van der Waals surface area contributed by atoms with Crippen LogP contribution in [0.25, 0.3) is 0 Å². The molecule has 0 N–H and O–H groups in total. The van der Waals surface area contributed by atoms with Gasteiger partial charge in [0.15, 0.2) is 0 Å². The molecule has 0 nitrogen and oxygen atoms in total. The number of allylic oxidation sites excluding steroid dienone is 6. The molecule has 13 heavy (non-hydrogen) atoms. The molecule has 0 amide bonds. The molecule has 0 fully saturated rings. The third-order valence-corrected chi connectivity index (χ3v) is 2.24. The summed E-state index contributed by atoms with van der Waals surface area (Å²) in [6.07, 6.45) is 22.5. The van der Waals surface area contributed by atoms with Gasteiger partial charge in [0.05, 0.1) is 0 Å². The lowest BCUT2D eigenvalue weighted by molar-refractivity contribution is 0.859. The van der Waals surface area contributed by atoms with E-state index in [1.54, 1.807) is 0 Å². The highest BCUT2D eigenvalue weighted by Gasteiger charge is 1.83. The zero-order chi connectivity index (χ0) is 9.19. The fraction of sp³-hybridized carbons (Fsp3) is 0.538. The van der Waals surface area contributed by atoms with Crippen molar-refractivity contribution in [1.29, 1.82) is 0 Å². The molecule has 0 aliphatic heterocycles. The SMILES string of the molecule is C1=C\CC/C=C\CCC/C=C\CC/1. The van der Waals surface area contributed by atoms with Crippen molar-refractivity contribution in [3.63, 3.8) is 0 Å². The molecule has 0 radical (unpaired) electrons. The van der Waals surface area contributed by atoms with E-state index < -0.39 is 0 Å². The van der Waals surface area contributed by atoms with Crippen LogP contribution in [0.1, 0.15) is 44.9 Å². The Hall–Kier alpha value is -0.780. The first-order valence-electron chi connectivity index (χ1n) is 5.45. The fourth-order valence-corrected chi connectivity index (χ4v) is 1.45. The summed E-state index contributed by atoms with van der Waals surface area (Å²) in [5.41, 5.74) is 0. The summed E-state index contributed by atoms with van der Waals surface area (Å²) in [5, 5.41) is 0. The second kappa shape index (κ2) is 7.85. The van der Waals surface area contributed by atoms with Gasteiger partial charge >= 0.3 is 0 Å². The molecule has 0 bridgehead atoms. The summed E-state index contributed by atoms with van der Waals surface area (Å²) >= 11 is 0. The predicted octanol–water partition coefficient (Wildman–Crippen LogP) is 4.40. The minimum Gasteiger partial charge on any atom is -0.0885 e. The minimum atomic E-state index is 1.21. The summed E-state index contributed by atoms with van der Waals surface area (Å²) < 4.78 is 0. The van der Waals surface area contributed by atoms with E-state index in [1.165, 1.54) is 44.9 Å². The van der Waals surface area contributed by atoms with E-state index in [9.17, 15) is 0 Å². The quantitative estimate of drug-likeness (QED) is 0.480. The van der Waals surface area contributed by atoms with E-state index in [0.29, 0.717) is 0 Å². The molecule has 0 heterocycles. The molecule has 0 atom stereocenters. The van der Waals surface area contributed by atoms with Crippen molar-refractivity contribution in [2.45, 2.75) is 44.9 Å². The van der Waals surface area contributed by atoms with Gasteiger partial charge in [0.2, 0.25) is 0 Å². The van der Waals surface area contributed by atoms with Crippen LogP contribution in [-0.2, 0) is 0 Å². The van der Waals surface area contributed by atoms with Gasteiger partial charge < -0.3 is 0 Å². The molecule has 0 heteroatoms. The van der Waals surface area contributed by atoms with E-state index >= 15 is 0 Å². The van der Waals surface area contributed by atoms with Gasteiger partial charge in [-0.1, -0.05) is 36.5 Å². The summed E-state index contributed by atoms with van der Waals surface area (Å²) in [5.74, 6) is 0. The van der Waals surface area contributed by atoms with E-state index in [-0.39, 0.29) is 0 Å². The fourth-order valence-electron chi connectivity index (χ4n) is 1.45. The maximum atomic E-state index is 2.32. The first kappa shape index (κ1) is 10.3. The smallest absolute Gasteiger partial charge is 0.0316 e. The molecule has 1 rings (SSSR count). The third kappa shape index (κ3) is 6.39. The van der Waals surface area contributed by atoms with Gasteiger partial charge in [0.25, 0.3) is 0 Å². The second-order valence-electron chi connectivity index (χ2n) is 3.50. The minimum absolute atomic E-state index is 1.21. The standard InChI is InChI=1S/C13H20/c1-2-4-6-8-10-12-13-11-9-7-5-3-1/h1-2,7-10H,3-6,11-13H2/b2-1-,9-7-,10-8-. The van der Waals surface area contributed by atoms with E-state index in [4.69, 9.17) is 0 Å². The lowest BCUT2D eigenvalue weighted by Crippen LogP contribution is -1.69. The molecule has 0 aromatic heterocycles. The Bertz CT molecular complexity index is 164. The molecule has 0 saturated carbocycles. The lowest BCUT2D eigenvalue weighted by Gasteiger charge is -1.89. The van der Waals surface area contributed by atoms with Crippen LogP contribution < -0.4 is 0 Å². The molecule has 1 aliphatic carbocycles. The van der Waals surface area contributed by atoms with Crippen molar-refractivity contribution in [3.8, 4) is 0 Å². The van der Waals surface area contributed by atoms with Gasteiger partial charge in [-0.15, -0.1) is 0 Å². The molecule has 0 aromatic carbocycles. The largest absolute Gasteiger partial charge is 0.0885 e. The lowest BCUT2D eigenvalue weighted by atomic mass is 10.2. The molecular formula is C13H20. The van der Waals surface area contributed by atoms with Crippen LogP contribution in [0.3, 0.4) is 0 Å². The highest BCUT2D eigenvalue weighted by atomic mass is 13.9. The summed E-state index contributed by atoms with van der Waals surface area (Å²) in [6.45, 7) is 0. The second-order valence-corrected chi connectivity index (χ2v) is 3.50. The Morgan fingerprint density at radius 1 is 0.385 bits per heavy atom. The first-order chi connectivity index (χ1) is 6.50. The highest BCUT2D eigenvalue weighted by Crippen LogP contribution is 2.04. The summed E-state index contributed by atoms with van der Waals surface area (Å²) in [4.78, 5) is 0. The van der Waals surface area contributed by atoms with E-state index in [2.05, 4.69) is 36.5 Å². The van der Waals surface area contributed by atoms with Crippen molar-refractivity contribution in [2.75, 3.05) is 0 Å². The van der Waals surface area contributed by atoms with Crippen LogP contribution in [0.2, 0.25) is 0 Å². The van der Waals surface area contributed by atoms with Crippen LogP contribution in [0.5, 0.6) is 0 Å². The Balaban J connectivity index is 2.27. The Morgan fingerprint density at radius 3 is 1.08 bits per heavy atom. The average Bonchev–Trinajstić information content (AvgIpc) is 2.18. The van der Waals surface area contributed by atoms with Crippen LogP contribution >= 0.6 is 0 Å². The number of rotatable bonds is 0. The van der Waals surface area contributed by atoms with Crippen LogP contribution in [0, 0.1) is 0 Å². The molecule has 0 spiro atoms. The van der Waals surface area contributed by atoms with Gasteiger partial charge in [-0.2, -0.15) is 0 Å². The van der Waals surface area contributed by atoms with E-state index in [1.807, 2.05) is 0 Å². The molecule has 1 aliphatic rings. The molecule has 72 valence electrons. The third-order valence-electron chi connectivity index (χ3n) is 2.24. The Kier molecular flexibility index (Phi) is 6.22. The Labute approximate surface area is 82.0 Å². The maximum Gasteiger partial charge on any atom is -0.0316 e. The van der Waals surface area contributed by atoms with Gasteiger partial charge in [-0.3, -0.25) is 0 Å². The van der Waals surface area contributed by atoms with Gasteiger partial charge in [-0.25, -0.2) is 0 Å². The zero-order valence-electron chi connectivity index (χ0n) is 8.41. The topological polar surface area (TPSA) is 0 Å². The number of hydrogen-bond donors (Lipinski definition) is 0. The Morgan fingerprint density at radius 2 is 0.692 bits per heavy atom. The monoisotopic (exact) mass is 176 g/mol. The maximum absolute atomic E-state index is 2.32. The predicted molar refractivity (Wildman–Crippen MR) is 59.7 cm³/mol. The van der Waals surface area contributed by atoms with Crippen LogP contribution in [0.15, 0.2) is 36.5 Å². The van der Waals surface area contributed by atoms with Crippen molar-refractivity contribution < 1.29 is 0 Å². The first-order valence-corrected chi connectivity index (χ1v) is 5.45. The van der Waals surface area contributed by atoms with E-state index in [0.717, 1.165) is 0 Å². The van der Waals surface area contributed by atoms with Gasteiger partial charge in [-0.05, 0) is 44.9 Å². The molecule has 0 aromatic rings. The van der Waals surface area contributed by atoms with Crippen LogP contribution in [-0.4, -0.2) is 0 Å². The molecular weight excluding hydrogens is 156 g/mol. The van der Waals surface area contributed by atoms with Crippen molar-refractivity contribution in [1.82, 2.24) is 0 Å². The summed E-state index contributed by atoms with van der Waals surface area (Å²) in [6, 6.07) is 0. The van der Waals surface area contributed by atoms with Crippen molar-refractivity contribution >= 4 is 0 Å².